The number of hydrogen-bond donors (Lipinski definition) is 1. The van der Waals surface area contributed by atoms with E-state index in [9.17, 15) is 10.1 Å². The maximum atomic E-state index is 11.8. The van der Waals surface area contributed by atoms with Crippen LogP contribution in [0.25, 0.3) is 5.57 Å². The van der Waals surface area contributed by atoms with Crippen LogP contribution in [0.4, 0.5) is 11.4 Å². The zero-order valence-corrected chi connectivity index (χ0v) is 20.1. The molecule has 160 valence electrons. The Morgan fingerprint density at radius 2 is 2.19 bits per heavy atom. The number of carbonyl (C=O) groups excluding carboxylic acids is 1. The van der Waals surface area contributed by atoms with Gasteiger partial charge in [0.15, 0.2) is 0 Å². The first-order valence-electron chi connectivity index (χ1n) is 10.8. The Morgan fingerprint density at radius 1 is 1.35 bits per heavy atom. The topological polar surface area (TPSA) is 85.2 Å². The van der Waals surface area contributed by atoms with Crippen LogP contribution in [0.3, 0.4) is 0 Å². The molecule has 8 heteroatoms. The number of anilines is 2. The summed E-state index contributed by atoms with van der Waals surface area (Å²) in [4.78, 5) is 25.2. The molecule has 1 saturated heterocycles. The number of carbonyl (C=O) groups is 1. The van der Waals surface area contributed by atoms with Gasteiger partial charge in [0.2, 0.25) is 0 Å². The van der Waals surface area contributed by atoms with Crippen LogP contribution >= 0.6 is 0 Å². The summed E-state index contributed by atoms with van der Waals surface area (Å²) in [6, 6.07) is 10.5. The van der Waals surface area contributed by atoms with E-state index in [2.05, 4.69) is 34.3 Å². The number of nitriles is 1. The molecule has 0 saturated carbocycles. The Balaban J connectivity index is 1.52. The van der Waals surface area contributed by atoms with Gasteiger partial charge in [0.05, 0.1) is 0 Å². The Labute approximate surface area is 189 Å². The van der Waals surface area contributed by atoms with Crippen LogP contribution in [0.2, 0.25) is 5.21 Å². The van der Waals surface area contributed by atoms with E-state index in [1.165, 1.54) is 0 Å². The standard InChI is InChI=1S/C23H27AsN6O/c1-3-30-19-9-5-4-8-18(19)27-22(30)17(14-25)21-16(2)15-26-23(28-21)24-11-7-13-29-12-6-10-20(29)31/h4-5,8-9,15,24,27H,3,6-7,10-13H2,1-2H3. The SMILES string of the molecule is CCN1C(=C(C#N)c2nc([AsH]CCCN3CCCC3=O)ncc2C)Nc2ccccc21. The fourth-order valence-electron chi connectivity index (χ4n) is 4.07. The molecule has 1 amide bonds. The molecule has 2 aliphatic heterocycles. The van der Waals surface area contributed by atoms with Gasteiger partial charge in [-0.25, -0.2) is 0 Å². The molecule has 31 heavy (non-hydrogen) atoms. The van der Waals surface area contributed by atoms with E-state index in [0.717, 1.165) is 65.1 Å². The molecule has 1 fully saturated rings. The predicted molar refractivity (Wildman–Crippen MR) is 124 cm³/mol. The van der Waals surface area contributed by atoms with Gasteiger partial charge in [-0.05, 0) is 0 Å². The van der Waals surface area contributed by atoms with Crippen LogP contribution in [0.15, 0.2) is 36.3 Å². The number of allylic oxidation sites excluding steroid dienone is 1. The van der Waals surface area contributed by atoms with Crippen LogP contribution in [0.1, 0.15) is 37.4 Å². The second-order valence-electron chi connectivity index (χ2n) is 7.71. The number of aromatic nitrogens is 2. The summed E-state index contributed by atoms with van der Waals surface area (Å²) in [6.07, 6.45) is 4.50. The molecule has 2 aliphatic rings. The number of nitrogens with zero attached hydrogens (tertiary/aromatic N) is 5. The molecule has 0 radical (unpaired) electrons. The first kappa shape index (κ1) is 21.4. The van der Waals surface area contributed by atoms with Gasteiger partial charge in [0, 0.05) is 0 Å². The van der Waals surface area contributed by atoms with Crippen molar-refractivity contribution in [1.82, 2.24) is 14.9 Å². The van der Waals surface area contributed by atoms with Crippen molar-refractivity contribution in [3.63, 3.8) is 0 Å². The van der Waals surface area contributed by atoms with Crippen molar-refractivity contribution in [3.8, 4) is 6.07 Å². The number of amides is 1. The number of fused-ring (bicyclic) bond motifs is 1. The molecular formula is C23H27AsN6O. The Hall–Kier alpha value is -2.84. The normalized spacial score (nSPS) is 17.3. The van der Waals surface area contributed by atoms with Gasteiger partial charge in [0.25, 0.3) is 0 Å². The minimum absolute atomic E-state index is 0.282. The van der Waals surface area contributed by atoms with E-state index in [-0.39, 0.29) is 5.91 Å². The number of likely N-dealkylation sites (tertiary alicyclic amines) is 1. The molecule has 4 rings (SSSR count). The van der Waals surface area contributed by atoms with Crippen molar-refractivity contribution in [2.75, 3.05) is 29.9 Å². The van der Waals surface area contributed by atoms with Gasteiger partial charge in [0.1, 0.15) is 0 Å². The number of hydrogen-bond acceptors (Lipinski definition) is 6. The third-order valence-electron chi connectivity index (χ3n) is 5.65. The number of rotatable bonds is 7. The van der Waals surface area contributed by atoms with Gasteiger partial charge in [-0.3, -0.25) is 0 Å². The Morgan fingerprint density at radius 3 is 2.94 bits per heavy atom. The zero-order valence-electron chi connectivity index (χ0n) is 18.0. The summed E-state index contributed by atoms with van der Waals surface area (Å²) in [7, 11) is 0. The molecule has 0 spiro atoms. The molecule has 0 bridgehead atoms. The van der Waals surface area contributed by atoms with Crippen molar-refractivity contribution in [2.24, 2.45) is 0 Å². The molecule has 7 nitrogen and oxygen atoms in total. The van der Waals surface area contributed by atoms with Gasteiger partial charge in [-0.1, -0.05) is 0 Å². The predicted octanol–water partition coefficient (Wildman–Crippen LogP) is 2.42. The fraction of sp³-hybridized carbons (Fsp3) is 0.391. The van der Waals surface area contributed by atoms with Crippen molar-refractivity contribution in [3.05, 3.63) is 47.5 Å². The van der Waals surface area contributed by atoms with Gasteiger partial charge in [-0.15, -0.1) is 0 Å². The number of nitrogens with one attached hydrogen (secondary N) is 1. The van der Waals surface area contributed by atoms with Crippen molar-refractivity contribution >= 4 is 43.2 Å². The van der Waals surface area contributed by atoms with Gasteiger partial charge >= 0.3 is 190 Å². The first-order chi connectivity index (χ1) is 15.1. The van der Waals surface area contributed by atoms with E-state index in [0.29, 0.717) is 17.7 Å². The molecule has 1 unspecified atom stereocenters. The Kier molecular flexibility index (Phi) is 6.58. The van der Waals surface area contributed by atoms with E-state index in [1.54, 1.807) is 0 Å². The first-order valence-corrected chi connectivity index (χ1v) is 13.3. The summed E-state index contributed by atoms with van der Waals surface area (Å²) < 4.78 is 0.861. The van der Waals surface area contributed by atoms with Crippen LogP contribution in [-0.2, 0) is 4.79 Å². The monoisotopic (exact) mass is 478 g/mol. The summed E-state index contributed by atoms with van der Waals surface area (Å²) in [5.41, 5.74) is 4.23. The summed E-state index contributed by atoms with van der Waals surface area (Å²) in [5.74, 6) is 1.07. The third kappa shape index (κ3) is 4.45. The van der Waals surface area contributed by atoms with Crippen molar-refractivity contribution in [2.45, 2.75) is 38.3 Å². The number of para-hydroxylation sites is 2. The van der Waals surface area contributed by atoms with E-state index >= 15 is 0 Å². The number of aryl methyl sites for hydroxylation is 1. The summed E-state index contributed by atoms with van der Waals surface area (Å²) in [6.45, 7) is 6.52. The van der Waals surface area contributed by atoms with E-state index < -0.39 is 15.8 Å². The third-order valence-corrected chi connectivity index (χ3v) is 8.09. The van der Waals surface area contributed by atoms with Crippen LogP contribution < -0.4 is 14.8 Å². The van der Waals surface area contributed by atoms with Crippen LogP contribution in [-0.4, -0.2) is 56.2 Å². The fourth-order valence-corrected chi connectivity index (χ4v) is 5.96. The second kappa shape index (κ2) is 9.53. The number of benzene rings is 1. The second-order valence-corrected chi connectivity index (χ2v) is 10.4. The molecule has 3 heterocycles. The average Bonchev–Trinajstić information content (AvgIpc) is 3.36. The van der Waals surface area contributed by atoms with Crippen molar-refractivity contribution < 1.29 is 4.79 Å². The maximum absolute atomic E-state index is 11.8. The van der Waals surface area contributed by atoms with Crippen LogP contribution in [0, 0.1) is 18.3 Å². The van der Waals surface area contributed by atoms with Gasteiger partial charge in [-0.2, -0.15) is 0 Å². The molecule has 2 aromatic rings. The van der Waals surface area contributed by atoms with E-state index in [1.807, 2.05) is 36.2 Å². The summed E-state index contributed by atoms with van der Waals surface area (Å²) >= 11 is -0.522. The van der Waals surface area contributed by atoms with Crippen LogP contribution in [0.5, 0.6) is 0 Å². The molecule has 1 aromatic heterocycles. The quantitative estimate of drug-likeness (QED) is 0.374. The van der Waals surface area contributed by atoms with Gasteiger partial charge < -0.3 is 0 Å². The Bertz CT molecular complexity index is 1060. The molecule has 1 aromatic carbocycles. The summed E-state index contributed by atoms with van der Waals surface area (Å²) in [5, 5.41) is 14.5. The molecule has 1 N–H and O–H groups in total. The molecular weight excluding hydrogens is 451 g/mol. The molecule has 0 aliphatic carbocycles. The molecule has 1 atom stereocenters. The minimum atomic E-state index is -0.522. The van der Waals surface area contributed by atoms with Crippen molar-refractivity contribution in [1.29, 1.82) is 5.26 Å². The van der Waals surface area contributed by atoms with E-state index in [4.69, 9.17) is 4.98 Å². The zero-order chi connectivity index (χ0) is 21.8. The average molecular weight is 478 g/mol.